The van der Waals surface area contributed by atoms with Crippen LogP contribution < -0.4 is 0 Å². The summed E-state index contributed by atoms with van der Waals surface area (Å²) in [6.45, 7) is 2.25. The Labute approximate surface area is 134 Å². The lowest BCUT2D eigenvalue weighted by Crippen LogP contribution is -2.01. The molecule has 0 N–H and O–H groups in total. The lowest BCUT2D eigenvalue weighted by Gasteiger charge is -2.02. The van der Waals surface area contributed by atoms with Crippen LogP contribution in [0.15, 0.2) is 18.3 Å². The van der Waals surface area contributed by atoms with Gasteiger partial charge in [0, 0.05) is 12.6 Å². The van der Waals surface area contributed by atoms with Gasteiger partial charge in [0.15, 0.2) is 5.78 Å². The van der Waals surface area contributed by atoms with Crippen molar-refractivity contribution in [2.75, 3.05) is 0 Å². The van der Waals surface area contributed by atoms with E-state index < -0.39 is 0 Å². The number of hydrogen-bond acceptors (Lipinski definition) is 2. The number of halogens is 1. The van der Waals surface area contributed by atoms with E-state index in [4.69, 9.17) is 11.6 Å². The molecule has 0 fully saturated rings. The monoisotopic (exact) mass is 309 g/mol. The van der Waals surface area contributed by atoms with Crippen molar-refractivity contribution < 1.29 is 4.79 Å². The molecule has 0 saturated heterocycles. The molecule has 2 nitrogen and oxygen atoms in total. The van der Waals surface area contributed by atoms with Crippen molar-refractivity contribution in [1.82, 2.24) is 4.98 Å². The highest BCUT2D eigenvalue weighted by atomic mass is 35.5. The van der Waals surface area contributed by atoms with Crippen molar-refractivity contribution in [2.45, 2.75) is 77.6 Å². The number of unbranched alkanes of at least 4 members (excludes halogenated alkanes) is 9. The summed E-state index contributed by atoms with van der Waals surface area (Å²) in [7, 11) is 0. The van der Waals surface area contributed by atoms with Crippen molar-refractivity contribution in [2.24, 2.45) is 0 Å². The molecule has 1 aromatic rings. The van der Waals surface area contributed by atoms with E-state index in [-0.39, 0.29) is 5.78 Å². The fourth-order valence-electron chi connectivity index (χ4n) is 2.44. The zero-order valence-corrected chi connectivity index (χ0v) is 14.0. The van der Waals surface area contributed by atoms with Crippen LogP contribution in [0.1, 0.15) is 88.0 Å². The molecule has 0 bridgehead atoms. The van der Waals surface area contributed by atoms with Crippen LogP contribution in [0.4, 0.5) is 0 Å². The predicted molar refractivity (Wildman–Crippen MR) is 90.0 cm³/mol. The van der Waals surface area contributed by atoms with Crippen molar-refractivity contribution >= 4 is 17.4 Å². The second kappa shape index (κ2) is 11.7. The number of ketones is 1. The molecule has 0 saturated carbocycles. The van der Waals surface area contributed by atoms with Crippen LogP contribution in [-0.2, 0) is 0 Å². The Morgan fingerprint density at radius 3 is 2.05 bits per heavy atom. The molecule has 0 aliphatic carbocycles. The molecule has 3 heteroatoms. The minimum absolute atomic E-state index is 0.131. The molecule has 0 unspecified atom stereocenters. The maximum Gasteiger partial charge on any atom is 0.181 e. The van der Waals surface area contributed by atoms with E-state index >= 15 is 0 Å². The SMILES string of the molecule is CCCCCCCCCCCCC(=O)c1ccc(Cl)cn1. The Bertz CT molecular complexity index is 389. The molecule has 1 rings (SSSR count). The second-order valence-electron chi connectivity index (χ2n) is 5.72. The van der Waals surface area contributed by atoms with E-state index in [1.54, 1.807) is 12.1 Å². The molecule has 0 aliphatic heterocycles. The Hall–Kier alpha value is -0.890. The normalized spacial score (nSPS) is 10.8. The smallest absolute Gasteiger partial charge is 0.181 e. The van der Waals surface area contributed by atoms with Crippen LogP contribution in [0.25, 0.3) is 0 Å². The summed E-state index contributed by atoms with van der Waals surface area (Å²) in [5, 5.41) is 0.575. The number of carbonyl (C=O) groups excluding carboxylic acids is 1. The lowest BCUT2D eigenvalue weighted by atomic mass is 10.0. The standard InChI is InChI=1S/C18H28ClNO/c1-2-3-4-5-6-7-8-9-10-11-12-18(21)17-14-13-16(19)15-20-17/h13-15H,2-12H2,1H3. The highest BCUT2D eigenvalue weighted by Gasteiger charge is 2.06. The van der Waals surface area contributed by atoms with Crippen LogP contribution in [0.5, 0.6) is 0 Å². The third kappa shape index (κ3) is 8.87. The van der Waals surface area contributed by atoms with Crippen LogP contribution >= 0.6 is 11.6 Å². The molecular formula is C18H28ClNO. The quantitative estimate of drug-likeness (QED) is 0.338. The lowest BCUT2D eigenvalue weighted by molar-refractivity contribution is 0.0974. The van der Waals surface area contributed by atoms with Crippen LogP contribution in [0.2, 0.25) is 5.02 Å². The zero-order chi connectivity index (χ0) is 15.3. The Morgan fingerprint density at radius 1 is 0.952 bits per heavy atom. The first-order valence-corrected chi connectivity index (χ1v) is 8.76. The number of aromatic nitrogens is 1. The third-order valence-corrected chi connectivity index (χ3v) is 3.99. The van der Waals surface area contributed by atoms with Crippen LogP contribution in [0.3, 0.4) is 0 Å². The molecule has 21 heavy (non-hydrogen) atoms. The minimum Gasteiger partial charge on any atom is -0.292 e. The van der Waals surface area contributed by atoms with Gasteiger partial charge < -0.3 is 0 Å². The van der Waals surface area contributed by atoms with Gasteiger partial charge in [0.25, 0.3) is 0 Å². The van der Waals surface area contributed by atoms with Gasteiger partial charge in [0.05, 0.1) is 5.02 Å². The topological polar surface area (TPSA) is 30.0 Å². The molecular weight excluding hydrogens is 282 g/mol. The highest BCUT2D eigenvalue weighted by molar-refractivity contribution is 6.30. The number of carbonyl (C=O) groups is 1. The van der Waals surface area contributed by atoms with Crippen molar-refractivity contribution in [3.63, 3.8) is 0 Å². The second-order valence-corrected chi connectivity index (χ2v) is 6.15. The Balaban J connectivity index is 1.96. The summed E-state index contributed by atoms with van der Waals surface area (Å²) in [4.78, 5) is 15.9. The zero-order valence-electron chi connectivity index (χ0n) is 13.2. The molecule has 1 aromatic heterocycles. The summed E-state index contributed by atoms with van der Waals surface area (Å²) >= 11 is 5.76. The highest BCUT2D eigenvalue weighted by Crippen LogP contribution is 2.13. The van der Waals surface area contributed by atoms with Gasteiger partial charge in [-0.2, -0.15) is 0 Å². The van der Waals surface area contributed by atoms with Gasteiger partial charge in [-0.15, -0.1) is 0 Å². The number of nitrogens with zero attached hydrogens (tertiary/aromatic N) is 1. The molecule has 0 atom stereocenters. The van der Waals surface area contributed by atoms with Gasteiger partial charge in [-0.3, -0.25) is 9.78 Å². The van der Waals surface area contributed by atoms with Gasteiger partial charge >= 0.3 is 0 Å². The molecule has 1 heterocycles. The number of pyridine rings is 1. The van der Waals surface area contributed by atoms with E-state index in [9.17, 15) is 4.79 Å². The average molecular weight is 310 g/mol. The summed E-state index contributed by atoms with van der Waals surface area (Å²) in [5.41, 5.74) is 0.537. The molecule has 0 amide bonds. The van der Waals surface area contributed by atoms with Crippen molar-refractivity contribution in [3.8, 4) is 0 Å². The van der Waals surface area contributed by atoms with Gasteiger partial charge in [-0.05, 0) is 18.6 Å². The maximum atomic E-state index is 11.9. The number of rotatable bonds is 12. The summed E-state index contributed by atoms with van der Waals surface area (Å²) in [6, 6.07) is 3.43. The van der Waals surface area contributed by atoms with Crippen LogP contribution in [0, 0.1) is 0 Å². The molecule has 0 aliphatic rings. The van der Waals surface area contributed by atoms with E-state index in [0.717, 1.165) is 12.8 Å². The predicted octanol–water partition coefficient (Wildman–Crippen LogP) is 6.23. The maximum absolute atomic E-state index is 11.9. The largest absolute Gasteiger partial charge is 0.292 e. The summed E-state index contributed by atoms with van der Waals surface area (Å²) in [5.74, 6) is 0.131. The van der Waals surface area contributed by atoms with Gasteiger partial charge in [0.1, 0.15) is 5.69 Å². The fourth-order valence-corrected chi connectivity index (χ4v) is 2.55. The average Bonchev–Trinajstić information content (AvgIpc) is 2.49. The first-order valence-electron chi connectivity index (χ1n) is 8.38. The minimum atomic E-state index is 0.131. The van der Waals surface area contributed by atoms with Gasteiger partial charge in [0.2, 0.25) is 0 Å². The van der Waals surface area contributed by atoms with Crippen molar-refractivity contribution in [3.05, 3.63) is 29.0 Å². The Kier molecular flexibility index (Phi) is 10.1. The number of Topliss-reactive ketones (excluding diaryl/α,β-unsaturated/α-hetero) is 1. The summed E-state index contributed by atoms with van der Waals surface area (Å²) < 4.78 is 0. The van der Waals surface area contributed by atoms with Gasteiger partial charge in [-0.1, -0.05) is 76.3 Å². The van der Waals surface area contributed by atoms with E-state index in [1.807, 2.05) is 0 Å². The van der Waals surface area contributed by atoms with Crippen molar-refractivity contribution in [1.29, 1.82) is 0 Å². The molecule has 0 spiro atoms. The first-order chi connectivity index (χ1) is 10.2. The molecule has 0 aromatic carbocycles. The summed E-state index contributed by atoms with van der Waals surface area (Å²) in [6.07, 6.45) is 15.0. The number of hydrogen-bond donors (Lipinski definition) is 0. The molecule has 0 radical (unpaired) electrons. The van der Waals surface area contributed by atoms with Crippen LogP contribution in [-0.4, -0.2) is 10.8 Å². The van der Waals surface area contributed by atoms with E-state index in [2.05, 4.69) is 11.9 Å². The van der Waals surface area contributed by atoms with E-state index in [1.165, 1.54) is 57.6 Å². The molecule has 118 valence electrons. The Morgan fingerprint density at radius 2 is 1.52 bits per heavy atom. The first kappa shape index (κ1) is 18.2. The van der Waals surface area contributed by atoms with E-state index in [0.29, 0.717) is 17.1 Å². The fraction of sp³-hybridized carbons (Fsp3) is 0.667. The van der Waals surface area contributed by atoms with Gasteiger partial charge in [-0.25, -0.2) is 0 Å². The third-order valence-electron chi connectivity index (χ3n) is 3.77.